The molecule has 0 atom stereocenters. The molecule has 11 nitrogen and oxygen atoms in total. The Balaban J connectivity index is 1.27. The van der Waals surface area contributed by atoms with E-state index in [1.54, 1.807) is 14.2 Å². The Kier molecular flexibility index (Phi) is 9.81. The maximum atomic E-state index is 12.3. The van der Waals surface area contributed by atoms with E-state index in [9.17, 15) is 5.11 Å². The molecule has 1 aromatic rings. The fraction of sp³-hybridized carbons (Fsp3) is 0.581. The van der Waals surface area contributed by atoms with Gasteiger partial charge in [-0.05, 0) is 38.4 Å². The molecule has 3 fully saturated rings. The first kappa shape index (κ1) is 30.1. The highest BCUT2D eigenvalue weighted by Gasteiger charge is 2.30. The molecule has 42 heavy (non-hydrogen) atoms. The Morgan fingerprint density at radius 1 is 1.10 bits per heavy atom. The van der Waals surface area contributed by atoms with Crippen molar-refractivity contribution in [3.8, 4) is 5.75 Å². The molecule has 228 valence electrons. The van der Waals surface area contributed by atoms with Crippen LogP contribution in [-0.2, 0) is 4.74 Å². The van der Waals surface area contributed by atoms with Crippen LogP contribution in [0.15, 0.2) is 46.2 Å². The van der Waals surface area contributed by atoms with Crippen LogP contribution in [0.5, 0.6) is 5.75 Å². The molecule has 0 aromatic heterocycles. The van der Waals surface area contributed by atoms with Gasteiger partial charge < -0.3 is 41.0 Å². The number of methoxy groups -OCH3 is 2. The van der Waals surface area contributed by atoms with E-state index >= 15 is 0 Å². The monoisotopic (exact) mass is 578 g/mol. The Labute approximate surface area is 250 Å². The third-order valence-electron chi connectivity index (χ3n) is 8.89. The Morgan fingerprint density at radius 2 is 1.81 bits per heavy atom. The highest BCUT2D eigenvalue weighted by atomic mass is 16.5. The maximum Gasteiger partial charge on any atom is 0.241 e. The van der Waals surface area contributed by atoms with Gasteiger partial charge >= 0.3 is 0 Å². The standard InChI is InChI=1S/C31H46N8O3/c1-5-25-30(33-21-6-9-24(41-3)10-7-21)36-31(28(35-25)29(32)40)34-22-8-11-26(27(20-22)42-4)39-14-12-23(13-15-39)38-18-16-37(2)17-19-38/h8,11,20,23,35H,5-7,9-10,12-19H2,1-4H3,(H3-,32,34,36,40). The van der Waals surface area contributed by atoms with Crippen LogP contribution in [0.1, 0.15) is 51.9 Å². The van der Waals surface area contributed by atoms with Crippen LogP contribution in [-0.4, -0.2) is 88.0 Å². The van der Waals surface area contributed by atoms with Gasteiger partial charge in [-0.15, -0.1) is 0 Å². The molecule has 0 spiro atoms. The minimum atomic E-state index is -0.800. The first-order chi connectivity index (χ1) is 20.4. The topological polar surface area (TPSA) is 124 Å². The lowest BCUT2D eigenvalue weighted by Gasteiger charge is -2.42. The van der Waals surface area contributed by atoms with Gasteiger partial charge in [-0.2, -0.15) is 4.74 Å². The van der Waals surface area contributed by atoms with Crippen molar-refractivity contribution in [2.24, 2.45) is 4.99 Å². The highest BCUT2D eigenvalue weighted by Crippen LogP contribution is 2.35. The number of nitrogens with zero attached hydrogens (tertiary/aromatic N) is 4. The van der Waals surface area contributed by atoms with E-state index in [1.807, 2.05) is 19.1 Å². The number of ether oxygens (including phenoxy) is 2. The predicted molar refractivity (Wildman–Crippen MR) is 165 cm³/mol. The Bertz CT molecular complexity index is 1200. The molecule has 1 aliphatic carbocycles. The normalized spacial score (nSPS) is 21.3. The van der Waals surface area contributed by atoms with Crippen LogP contribution in [0.4, 0.5) is 11.4 Å². The molecule has 0 bridgehead atoms. The van der Waals surface area contributed by atoms with Crippen LogP contribution in [0.3, 0.4) is 0 Å². The molecule has 0 amide bonds. The van der Waals surface area contributed by atoms with Gasteiger partial charge in [0.25, 0.3) is 0 Å². The van der Waals surface area contributed by atoms with E-state index in [0.29, 0.717) is 24.1 Å². The number of allylic oxidation sites excluding steroid dienone is 1. The summed E-state index contributed by atoms with van der Waals surface area (Å²) in [7, 11) is 5.62. The van der Waals surface area contributed by atoms with Crippen molar-refractivity contribution in [3.05, 3.63) is 47.3 Å². The van der Waals surface area contributed by atoms with E-state index in [1.165, 1.54) is 0 Å². The number of likely N-dealkylation sites (N-methyl/N-ethyl adjacent to an activating group) is 1. The number of hydrogen-bond acceptors (Lipinski definition) is 11. The molecule has 2 saturated heterocycles. The summed E-state index contributed by atoms with van der Waals surface area (Å²) in [4.78, 5) is 12.4. The van der Waals surface area contributed by atoms with Crippen molar-refractivity contribution in [3.63, 3.8) is 0 Å². The van der Waals surface area contributed by atoms with Crippen molar-refractivity contribution in [2.75, 3.05) is 70.8 Å². The first-order valence-electron chi connectivity index (χ1n) is 15.2. The molecule has 0 unspecified atom stereocenters. The highest BCUT2D eigenvalue weighted by molar-refractivity contribution is 5.90. The predicted octanol–water partition coefficient (Wildman–Crippen LogP) is 2.80. The third kappa shape index (κ3) is 6.96. The van der Waals surface area contributed by atoms with Gasteiger partial charge in [0.1, 0.15) is 24.4 Å². The largest absolute Gasteiger partial charge is 0.858 e. The van der Waals surface area contributed by atoms with Crippen LogP contribution in [0.25, 0.3) is 0 Å². The minimum absolute atomic E-state index is 0.170. The number of piperidine rings is 1. The van der Waals surface area contributed by atoms with Crippen molar-refractivity contribution < 1.29 is 14.6 Å². The van der Waals surface area contributed by atoms with Gasteiger partial charge in [-0.1, -0.05) is 6.92 Å². The molecule has 4 aliphatic rings. The second-order valence-corrected chi connectivity index (χ2v) is 11.5. The zero-order valence-corrected chi connectivity index (χ0v) is 25.5. The van der Waals surface area contributed by atoms with Crippen LogP contribution >= 0.6 is 0 Å². The van der Waals surface area contributed by atoms with Gasteiger partial charge in [0.05, 0.1) is 31.3 Å². The molecule has 4 N–H and O–H groups in total. The summed E-state index contributed by atoms with van der Waals surface area (Å²) in [5, 5.41) is 30.0. The zero-order chi connectivity index (χ0) is 29.6. The zero-order valence-electron chi connectivity index (χ0n) is 25.5. The average molecular weight is 579 g/mol. The lowest BCUT2D eigenvalue weighted by molar-refractivity contribution is -0.215. The van der Waals surface area contributed by atoms with E-state index < -0.39 is 5.90 Å². The molecule has 3 heterocycles. The van der Waals surface area contributed by atoms with Crippen LogP contribution in [0, 0.1) is 11.5 Å². The van der Waals surface area contributed by atoms with Crippen molar-refractivity contribution in [1.29, 1.82) is 5.41 Å². The van der Waals surface area contributed by atoms with Gasteiger partial charge in [0.2, 0.25) is 6.10 Å². The summed E-state index contributed by atoms with van der Waals surface area (Å²) in [6.07, 6.45) is 7.46. The number of rotatable bonds is 9. The maximum absolute atomic E-state index is 12.3. The summed E-state index contributed by atoms with van der Waals surface area (Å²) in [6, 6.07) is 6.68. The van der Waals surface area contributed by atoms with E-state index in [4.69, 9.17) is 19.9 Å². The number of benzene rings is 1. The molecule has 0 radical (unpaired) electrons. The van der Waals surface area contributed by atoms with Crippen molar-refractivity contribution >= 4 is 23.0 Å². The Hall–Kier alpha value is -3.41. The summed E-state index contributed by atoms with van der Waals surface area (Å²) in [5.74, 6) is 1.06. The fourth-order valence-electron chi connectivity index (χ4n) is 6.26. The second-order valence-electron chi connectivity index (χ2n) is 11.5. The smallest absolute Gasteiger partial charge is 0.241 e. The third-order valence-corrected chi connectivity index (χ3v) is 8.89. The number of piperazine rings is 1. The summed E-state index contributed by atoms with van der Waals surface area (Å²) >= 11 is 0. The SMILES string of the molecule is CCC1=C(N=C2CC[C+](OC)CC2)NC(Nc2ccc(N3CCC(N4CCN(C)CC4)CC3)c(OC)c2)=C(C(=N)[O-])N1. The van der Waals surface area contributed by atoms with Gasteiger partial charge in [-0.3, -0.25) is 4.90 Å². The molecule has 3 aliphatic heterocycles. The number of aliphatic imine (C=N–C) groups is 1. The molecular formula is C31H46N8O3. The van der Waals surface area contributed by atoms with Crippen LogP contribution < -0.4 is 30.7 Å². The van der Waals surface area contributed by atoms with Gasteiger partial charge in [0, 0.05) is 81.5 Å². The van der Waals surface area contributed by atoms with E-state index in [-0.39, 0.29) is 5.70 Å². The summed E-state index contributed by atoms with van der Waals surface area (Å²) < 4.78 is 11.3. The first-order valence-corrected chi connectivity index (χ1v) is 15.2. The van der Waals surface area contributed by atoms with E-state index in [0.717, 1.165) is 112 Å². The summed E-state index contributed by atoms with van der Waals surface area (Å²) in [6.45, 7) is 8.60. The van der Waals surface area contributed by atoms with Crippen molar-refractivity contribution in [1.82, 2.24) is 20.4 Å². The quantitative estimate of drug-likeness (QED) is 0.199. The number of hydrogen-bond donors (Lipinski definition) is 4. The average Bonchev–Trinajstić information content (AvgIpc) is 3.02. The molecule has 5 rings (SSSR count). The molecule has 11 heteroatoms. The summed E-state index contributed by atoms with van der Waals surface area (Å²) in [5.41, 5.74) is 3.88. The molecule has 1 aromatic carbocycles. The van der Waals surface area contributed by atoms with E-state index in [2.05, 4.69) is 43.8 Å². The Morgan fingerprint density at radius 3 is 2.43 bits per heavy atom. The lowest BCUT2D eigenvalue weighted by atomic mass is 9.95. The minimum Gasteiger partial charge on any atom is -0.858 e. The van der Waals surface area contributed by atoms with Gasteiger partial charge in [-0.25, -0.2) is 4.99 Å². The number of anilines is 2. The number of nitrogens with one attached hydrogen (secondary N) is 4. The van der Waals surface area contributed by atoms with Crippen LogP contribution in [0.2, 0.25) is 0 Å². The second kappa shape index (κ2) is 13.7. The van der Waals surface area contributed by atoms with Crippen molar-refractivity contribution in [2.45, 2.75) is 57.9 Å². The fourth-order valence-corrected chi connectivity index (χ4v) is 6.26. The molecular weight excluding hydrogens is 532 g/mol. The molecule has 1 saturated carbocycles. The lowest BCUT2D eigenvalue weighted by Crippen LogP contribution is -2.52. The van der Waals surface area contributed by atoms with Gasteiger partial charge in [0.15, 0.2) is 5.82 Å².